The number of aromatic amines is 1. The van der Waals surface area contributed by atoms with Crippen molar-refractivity contribution in [3.05, 3.63) is 110 Å². The first kappa shape index (κ1) is 66.6. The summed E-state index contributed by atoms with van der Waals surface area (Å²) in [5.74, 6) is 0.401. The first-order valence-corrected chi connectivity index (χ1v) is 33.7. The van der Waals surface area contributed by atoms with Crippen molar-refractivity contribution in [2.24, 2.45) is 0 Å². The highest BCUT2D eigenvalue weighted by Gasteiger charge is 2.42. The van der Waals surface area contributed by atoms with Gasteiger partial charge in [0.1, 0.15) is 33.8 Å². The van der Waals surface area contributed by atoms with Gasteiger partial charge in [-0.3, -0.25) is 14.5 Å². The summed E-state index contributed by atoms with van der Waals surface area (Å²) in [6, 6.07) is 24.4. The van der Waals surface area contributed by atoms with Crippen LogP contribution >= 0.6 is 0 Å². The molecule has 7 N–H and O–H groups in total. The highest BCUT2D eigenvalue weighted by atomic mass is 16.3. The minimum Gasteiger partial charge on any atom is -0.507 e. The molecule has 0 bridgehead atoms. The smallest absolute Gasteiger partial charge is 0.201 e. The molecule has 3 fully saturated rings. The van der Waals surface area contributed by atoms with Gasteiger partial charge in [0.25, 0.3) is 0 Å². The molecular weight excluding hydrogens is 1240 g/mol. The van der Waals surface area contributed by atoms with Crippen molar-refractivity contribution in [2.45, 2.75) is 206 Å². The van der Waals surface area contributed by atoms with E-state index in [-0.39, 0.29) is 68.6 Å². The highest BCUT2D eigenvalue weighted by molar-refractivity contribution is 5.82. The first-order chi connectivity index (χ1) is 46.5. The van der Waals surface area contributed by atoms with Crippen molar-refractivity contribution >= 4 is 33.5 Å². The van der Waals surface area contributed by atoms with Crippen molar-refractivity contribution in [3.63, 3.8) is 0 Å². The number of fused-ring (bicyclic) bond motifs is 3. The lowest BCUT2D eigenvalue weighted by molar-refractivity contribution is 0.126. The van der Waals surface area contributed by atoms with Crippen molar-refractivity contribution in [3.8, 4) is 84.5 Å². The van der Waals surface area contributed by atoms with Crippen LogP contribution in [-0.4, -0.2) is 154 Å². The Kier molecular flexibility index (Phi) is 17.3. The SMILES string of the molecule is CC1(C)CC(n2nnc3cc(-c4ccc(-c5ccn[nH]5)cc4O)nnc32)CC(C)(C)N1.CCCn1cc(-c2ccc(-c3cc4nnn(C5CC(C)(C)NC(C)(C)C5)c4nn3)c(O)c2)cn1.CCn1cc(-c2ccc(-c3cc4nnn(C5CC(C)(C)NC(C)(C)C5)c4nn3)c(O)c2)cn1. The molecule has 0 atom stereocenters. The Balaban J connectivity index is 0.000000132. The van der Waals surface area contributed by atoms with Crippen LogP contribution in [0.2, 0.25) is 0 Å². The fraction of sp³-hybridized carbons (Fsp3) is 0.451. The van der Waals surface area contributed by atoms with E-state index in [1.54, 1.807) is 30.6 Å². The van der Waals surface area contributed by atoms with E-state index in [1.165, 1.54) is 0 Å². The quantitative estimate of drug-likeness (QED) is 0.0597. The summed E-state index contributed by atoms with van der Waals surface area (Å²) in [6.45, 7) is 32.4. The Morgan fingerprint density at radius 2 is 0.755 bits per heavy atom. The first-order valence-electron chi connectivity index (χ1n) is 33.7. The summed E-state index contributed by atoms with van der Waals surface area (Å²) >= 11 is 0. The predicted molar refractivity (Wildman–Crippen MR) is 375 cm³/mol. The molecule has 3 aliphatic rings. The van der Waals surface area contributed by atoms with E-state index in [4.69, 9.17) is 0 Å². The molecule has 0 amide bonds. The van der Waals surface area contributed by atoms with Crippen molar-refractivity contribution in [1.82, 2.24) is 121 Å². The van der Waals surface area contributed by atoms with Gasteiger partial charge in [-0.25, -0.2) is 14.0 Å². The third-order valence-corrected chi connectivity index (χ3v) is 18.5. The van der Waals surface area contributed by atoms with Crippen LogP contribution in [0.25, 0.3) is 101 Å². The number of piperidine rings is 3. The van der Waals surface area contributed by atoms with Gasteiger partial charge in [0.2, 0.25) is 16.9 Å². The molecule has 3 saturated heterocycles. The van der Waals surface area contributed by atoms with Crippen LogP contribution in [0.15, 0.2) is 110 Å². The standard InChI is InChI=1S/C25H32N8O.C24H30N8O.C22H26N8O/c1-6-9-32-15-17(14-26-32)16-7-8-19(22(34)10-16)20-11-21-23(29-27-20)33(31-28-21)18-12-24(2,3)30-25(4,5)13-18;1-6-31-14-16(13-25-31)15-7-8-18(21(33)9-15)19-10-20-22(28-26-19)32(30-27-20)17-11-23(2,3)29-24(4,5)12-17;1-21(2)11-14(12-22(3,4)28-21)30-20-18(26-29-30)10-17(25-27-20)15-6-5-13(9-19(15)31)16-7-8-23-24-16/h7-8,10-11,14-15,18,30,34H,6,9,12-13H2,1-5H3;7-10,13-14,17,29,33H,6,11-12H2,1-5H3;5-10,14,28,31H,11-12H2,1-4H3,(H,23,24). The molecule has 0 saturated carbocycles. The van der Waals surface area contributed by atoms with Gasteiger partial charge < -0.3 is 31.3 Å². The zero-order valence-electron chi connectivity index (χ0n) is 58.3. The summed E-state index contributed by atoms with van der Waals surface area (Å²) in [6.07, 6.45) is 15.8. The fourth-order valence-corrected chi connectivity index (χ4v) is 15.4. The monoisotopic (exact) mass is 1320 g/mol. The minimum atomic E-state index is -0.0152. The number of hydrogen-bond donors (Lipinski definition) is 7. The van der Waals surface area contributed by atoms with E-state index >= 15 is 0 Å². The van der Waals surface area contributed by atoms with E-state index in [2.05, 4.69) is 188 Å². The second-order valence-electron chi connectivity index (χ2n) is 30.5. The number of aromatic hydroxyl groups is 3. The molecule has 9 aromatic heterocycles. The number of aryl methyl sites for hydroxylation is 2. The van der Waals surface area contributed by atoms with Crippen molar-refractivity contribution in [1.29, 1.82) is 0 Å². The van der Waals surface area contributed by atoms with Gasteiger partial charge in [0, 0.05) is 98.3 Å². The molecule has 0 radical (unpaired) electrons. The molecule has 15 rings (SSSR count). The maximum Gasteiger partial charge on any atom is 0.201 e. The Morgan fingerprint density at radius 1 is 0.408 bits per heavy atom. The van der Waals surface area contributed by atoms with Crippen LogP contribution in [0.4, 0.5) is 0 Å². The van der Waals surface area contributed by atoms with Crippen LogP contribution < -0.4 is 16.0 Å². The maximum absolute atomic E-state index is 10.8. The van der Waals surface area contributed by atoms with E-state index in [0.717, 1.165) is 91.5 Å². The largest absolute Gasteiger partial charge is 0.507 e. The number of nitrogens with zero attached hydrogens (tertiary/aromatic N) is 20. The number of nitrogens with one attached hydrogen (secondary N) is 4. The molecule has 3 aromatic carbocycles. The zero-order valence-corrected chi connectivity index (χ0v) is 58.3. The fourth-order valence-electron chi connectivity index (χ4n) is 15.4. The summed E-state index contributed by atoms with van der Waals surface area (Å²) in [5.41, 5.74) is 12.8. The van der Waals surface area contributed by atoms with Gasteiger partial charge in [-0.15, -0.1) is 45.9 Å². The number of phenols is 3. The third-order valence-electron chi connectivity index (χ3n) is 18.5. The van der Waals surface area contributed by atoms with E-state index in [9.17, 15) is 15.3 Å². The highest BCUT2D eigenvalue weighted by Crippen LogP contribution is 2.42. The van der Waals surface area contributed by atoms with Gasteiger partial charge in [-0.2, -0.15) is 15.3 Å². The Bertz CT molecular complexity index is 4810. The Morgan fingerprint density at radius 3 is 1.08 bits per heavy atom. The average molecular weight is 1330 g/mol. The second kappa shape index (κ2) is 25.5. The number of hydrogen-bond acceptors (Lipinski definition) is 21. The van der Waals surface area contributed by atoms with Crippen LogP contribution in [-0.2, 0) is 13.1 Å². The maximum atomic E-state index is 10.8. The molecule has 27 nitrogen and oxygen atoms in total. The molecule has 0 aliphatic carbocycles. The minimum absolute atomic E-state index is 0.0136. The van der Waals surface area contributed by atoms with E-state index < -0.39 is 0 Å². The summed E-state index contributed by atoms with van der Waals surface area (Å²) < 4.78 is 9.48. The third kappa shape index (κ3) is 14.2. The van der Waals surface area contributed by atoms with Gasteiger partial charge in [0.15, 0.2) is 0 Å². The predicted octanol–water partition coefficient (Wildman–Crippen LogP) is 11.8. The second-order valence-corrected chi connectivity index (χ2v) is 30.5. The van der Waals surface area contributed by atoms with Crippen LogP contribution in [0.3, 0.4) is 0 Å². The lowest BCUT2D eigenvalue weighted by atomic mass is 9.79. The molecule has 27 heteroatoms. The average Bonchev–Trinajstić information content (AvgIpc) is 1.78. The zero-order chi connectivity index (χ0) is 69.3. The van der Waals surface area contributed by atoms with Crippen molar-refractivity contribution in [2.75, 3.05) is 0 Å². The molecule has 0 spiro atoms. The summed E-state index contributed by atoms with van der Waals surface area (Å²) in [7, 11) is 0. The summed E-state index contributed by atoms with van der Waals surface area (Å²) in [4.78, 5) is 0. The van der Waals surface area contributed by atoms with Gasteiger partial charge in [-0.05, 0) is 207 Å². The van der Waals surface area contributed by atoms with Crippen LogP contribution in [0, 0.1) is 0 Å². The Hall–Kier alpha value is -9.99. The van der Waals surface area contributed by atoms with Gasteiger partial charge >= 0.3 is 0 Å². The molecule has 12 heterocycles. The molecule has 3 aliphatic heterocycles. The summed E-state index contributed by atoms with van der Waals surface area (Å²) in [5, 5.41) is 112. The molecule has 510 valence electrons. The number of H-pyrrole nitrogens is 1. The molecule has 12 aromatic rings. The lowest BCUT2D eigenvalue weighted by Gasteiger charge is -2.46. The number of rotatable bonds is 12. The van der Waals surface area contributed by atoms with E-state index in [1.807, 2.05) is 110 Å². The van der Waals surface area contributed by atoms with Gasteiger partial charge in [0.05, 0.1) is 53.3 Å². The Labute approximate surface area is 568 Å². The number of benzene rings is 3. The number of aromatic nitrogens is 21. The van der Waals surface area contributed by atoms with Crippen LogP contribution in [0.1, 0.15) is 160 Å². The lowest BCUT2D eigenvalue weighted by Crippen LogP contribution is -2.58. The molecular formula is C71H88N24O3. The molecule has 0 unspecified atom stereocenters. The topological polar surface area (TPSA) is 331 Å². The molecule has 98 heavy (non-hydrogen) atoms. The number of phenolic OH excluding ortho intramolecular Hbond substituents is 3. The van der Waals surface area contributed by atoms with E-state index in [0.29, 0.717) is 67.3 Å². The van der Waals surface area contributed by atoms with Gasteiger partial charge in [-0.1, -0.05) is 40.8 Å². The van der Waals surface area contributed by atoms with Crippen molar-refractivity contribution < 1.29 is 15.3 Å². The van der Waals surface area contributed by atoms with Crippen LogP contribution in [0.5, 0.6) is 17.2 Å². The normalized spacial score (nSPS) is 18.1.